The van der Waals surface area contributed by atoms with Crippen LogP contribution in [0.2, 0.25) is 0 Å². The summed E-state index contributed by atoms with van der Waals surface area (Å²) in [6.45, 7) is 15.6. The van der Waals surface area contributed by atoms with Gasteiger partial charge in [0, 0.05) is 6.54 Å². The number of nitrogens with zero attached hydrogens (tertiary/aromatic N) is 1. The van der Waals surface area contributed by atoms with Crippen molar-refractivity contribution in [2.45, 2.75) is 71.1 Å². The second-order valence-electron chi connectivity index (χ2n) is 7.24. The first-order chi connectivity index (χ1) is 13.6. The van der Waals surface area contributed by atoms with Crippen LogP contribution in [0.3, 0.4) is 0 Å². The van der Waals surface area contributed by atoms with Gasteiger partial charge in [-0.3, -0.25) is 0 Å². The van der Waals surface area contributed by atoms with Crippen LogP contribution in [-0.4, -0.2) is 51.8 Å². The predicted molar refractivity (Wildman–Crippen MR) is 121 cm³/mol. The lowest BCUT2D eigenvalue weighted by atomic mass is 9.88. The lowest BCUT2D eigenvalue weighted by molar-refractivity contribution is 0.167. The van der Waals surface area contributed by atoms with Crippen molar-refractivity contribution in [3.63, 3.8) is 0 Å². The number of benzene rings is 1. The number of nitrogens with one attached hydrogen (secondary N) is 1. The molecular weight excluding hydrogens is 368 g/mol. The third kappa shape index (κ3) is 7.49. The standard InChI is InChI=1S/C19H30N2O2S.2C2H6/c1-2-24(22,23)19-5-3-4-18(14-19)17-8-12-21(13-9-17)15-16-6-10-20-11-7-16;2*1-2/h3-5,14,16-17,20H,2,6-13,15H2,1H3;2*1-2H3. The van der Waals surface area contributed by atoms with Gasteiger partial charge in [-0.15, -0.1) is 0 Å². The van der Waals surface area contributed by atoms with Crippen molar-refractivity contribution in [3.8, 4) is 0 Å². The Hall–Kier alpha value is -0.910. The van der Waals surface area contributed by atoms with Gasteiger partial charge in [0.15, 0.2) is 9.84 Å². The smallest absolute Gasteiger partial charge is 0.178 e. The normalized spacial score (nSPS) is 19.2. The summed E-state index contributed by atoms with van der Waals surface area (Å²) in [4.78, 5) is 3.10. The molecule has 28 heavy (non-hydrogen) atoms. The molecule has 0 bridgehead atoms. The summed E-state index contributed by atoms with van der Waals surface area (Å²) in [5, 5.41) is 3.44. The topological polar surface area (TPSA) is 49.4 Å². The van der Waals surface area contributed by atoms with Crippen LogP contribution in [0.15, 0.2) is 29.2 Å². The third-order valence-electron chi connectivity index (χ3n) is 5.63. The van der Waals surface area contributed by atoms with Crippen molar-refractivity contribution in [1.29, 1.82) is 0 Å². The van der Waals surface area contributed by atoms with Gasteiger partial charge in [-0.1, -0.05) is 46.8 Å². The molecule has 0 spiro atoms. The summed E-state index contributed by atoms with van der Waals surface area (Å²) in [6.07, 6.45) is 4.88. The molecule has 0 unspecified atom stereocenters. The summed E-state index contributed by atoms with van der Waals surface area (Å²) in [5.41, 5.74) is 1.20. The van der Waals surface area contributed by atoms with E-state index in [4.69, 9.17) is 0 Å². The molecule has 162 valence electrons. The van der Waals surface area contributed by atoms with Crippen LogP contribution in [0.5, 0.6) is 0 Å². The fraction of sp³-hybridized carbons (Fsp3) is 0.739. The lowest BCUT2D eigenvalue weighted by Gasteiger charge is -2.35. The van der Waals surface area contributed by atoms with Crippen molar-refractivity contribution in [1.82, 2.24) is 10.2 Å². The zero-order valence-corrected chi connectivity index (χ0v) is 19.5. The molecule has 1 N–H and O–H groups in total. The van der Waals surface area contributed by atoms with Crippen molar-refractivity contribution < 1.29 is 8.42 Å². The Kier molecular flexibility index (Phi) is 12.0. The lowest BCUT2D eigenvalue weighted by Crippen LogP contribution is -2.39. The van der Waals surface area contributed by atoms with Crippen LogP contribution in [0.25, 0.3) is 0 Å². The molecule has 0 radical (unpaired) electrons. The van der Waals surface area contributed by atoms with Crippen LogP contribution >= 0.6 is 0 Å². The van der Waals surface area contributed by atoms with Gasteiger partial charge in [-0.05, 0) is 81.4 Å². The number of likely N-dealkylation sites (tertiary alicyclic amines) is 1. The van der Waals surface area contributed by atoms with Gasteiger partial charge in [-0.25, -0.2) is 8.42 Å². The van der Waals surface area contributed by atoms with E-state index in [0.717, 1.165) is 31.8 Å². The average molecular weight is 411 g/mol. The van der Waals surface area contributed by atoms with E-state index >= 15 is 0 Å². The van der Waals surface area contributed by atoms with Crippen molar-refractivity contribution >= 4 is 9.84 Å². The van der Waals surface area contributed by atoms with Crippen molar-refractivity contribution in [2.24, 2.45) is 5.92 Å². The minimum Gasteiger partial charge on any atom is -0.317 e. The maximum atomic E-state index is 12.1. The van der Waals surface area contributed by atoms with E-state index in [1.54, 1.807) is 13.0 Å². The molecule has 2 aliphatic rings. The maximum Gasteiger partial charge on any atom is 0.178 e. The van der Waals surface area contributed by atoms with Gasteiger partial charge in [0.1, 0.15) is 0 Å². The van der Waals surface area contributed by atoms with E-state index in [0.29, 0.717) is 10.8 Å². The van der Waals surface area contributed by atoms with Crippen LogP contribution < -0.4 is 5.32 Å². The van der Waals surface area contributed by atoms with Gasteiger partial charge >= 0.3 is 0 Å². The largest absolute Gasteiger partial charge is 0.317 e. The second-order valence-corrected chi connectivity index (χ2v) is 9.52. The summed E-state index contributed by atoms with van der Waals surface area (Å²) in [6, 6.07) is 7.64. The Morgan fingerprint density at radius 3 is 2.18 bits per heavy atom. The molecule has 2 saturated heterocycles. The molecule has 2 fully saturated rings. The molecule has 2 aliphatic heterocycles. The van der Waals surface area contributed by atoms with Gasteiger partial charge in [-0.2, -0.15) is 0 Å². The molecule has 5 heteroatoms. The van der Waals surface area contributed by atoms with Gasteiger partial charge in [0.25, 0.3) is 0 Å². The Labute approximate surface area is 174 Å². The third-order valence-corrected chi connectivity index (χ3v) is 7.36. The van der Waals surface area contributed by atoms with Crippen molar-refractivity contribution in [3.05, 3.63) is 29.8 Å². The molecular formula is C23H42N2O2S. The zero-order chi connectivity index (χ0) is 21.0. The van der Waals surface area contributed by atoms with Gasteiger partial charge in [0.2, 0.25) is 0 Å². The van der Waals surface area contributed by atoms with Crippen LogP contribution in [0.4, 0.5) is 0 Å². The van der Waals surface area contributed by atoms with E-state index in [-0.39, 0.29) is 5.75 Å². The number of rotatable bonds is 5. The first-order valence-corrected chi connectivity index (χ1v) is 13.0. The minimum atomic E-state index is -3.11. The van der Waals surface area contributed by atoms with E-state index in [2.05, 4.69) is 16.3 Å². The Morgan fingerprint density at radius 1 is 1.00 bits per heavy atom. The molecule has 1 aromatic rings. The Balaban J connectivity index is 0.000000921. The first-order valence-electron chi connectivity index (χ1n) is 11.3. The molecule has 0 aliphatic carbocycles. The molecule has 1 aromatic carbocycles. The molecule has 4 nitrogen and oxygen atoms in total. The number of sulfone groups is 1. The molecule has 0 atom stereocenters. The van der Waals surface area contributed by atoms with Gasteiger partial charge in [0.05, 0.1) is 10.6 Å². The second kappa shape index (κ2) is 13.3. The summed E-state index contributed by atoms with van der Waals surface area (Å²) < 4.78 is 24.2. The first kappa shape index (κ1) is 25.1. The summed E-state index contributed by atoms with van der Waals surface area (Å²) in [5.74, 6) is 1.52. The average Bonchev–Trinajstić information content (AvgIpc) is 2.78. The molecule has 0 saturated carbocycles. The van der Waals surface area contributed by atoms with Crippen LogP contribution in [0.1, 0.15) is 71.8 Å². The highest BCUT2D eigenvalue weighted by Crippen LogP contribution is 2.30. The fourth-order valence-corrected chi connectivity index (χ4v) is 4.94. The van der Waals surface area contributed by atoms with Gasteiger partial charge < -0.3 is 10.2 Å². The minimum absolute atomic E-state index is 0.172. The highest BCUT2D eigenvalue weighted by Gasteiger charge is 2.24. The maximum absolute atomic E-state index is 12.1. The Bertz CT molecular complexity index is 632. The summed E-state index contributed by atoms with van der Waals surface area (Å²) >= 11 is 0. The fourth-order valence-electron chi connectivity index (χ4n) is 4.01. The van der Waals surface area contributed by atoms with E-state index in [9.17, 15) is 8.42 Å². The predicted octanol–water partition coefficient (Wildman–Crippen LogP) is 4.71. The van der Waals surface area contributed by atoms with E-state index < -0.39 is 9.84 Å². The zero-order valence-electron chi connectivity index (χ0n) is 18.7. The molecule has 3 rings (SSSR count). The monoisotopic (exact) mass is 410 g/mol. The number of hydrogen-bond acceptors (Lipinski definition) is 4. The highest BCUT2D eigenvalue weighted by molar-refractivity contribution is 7.91. The highest BCUT2D eigenvalue weighted by atomic mass is 32.2. The number of hydrogen-bond donors (Lipinski definition) is 1. The summed E-state index contributed by atoms with van der Waals surface area (Å²) in [7, 11) is -3.11. The molecule has 0 aromatic heterocycles. The van der Waals surface area contributed by atoms with E-state index in [1.165, 1.54) is 38.0 Å². The van der Waals surface area contributed by atoms with E-state index in [1.807, 2.05) is 39.8 Å². The van der Waals surface area contributed by atoms with Crippen LogP contribution in [0, 0.1) is 5.92 Å². The Morgan fingerprint density at radius 2 is 1.61 bits per heavy atom. The molecule has 0 amide bonds. The molecule has 2 heterocycles. The number of piperidine rings is 2. The van der Waals surface area contributed by atoms with Crippen molar-refractivity contribution in [2.75, 3.05) is 38.5 Å². The quantitative estimate of drug-likeness (QED) is 0.763. The SMILES string of the molecule is CC.CC.CCS(=O)(=O)c1cccc(C2CCN(CC3CCNCC3)CC2)c1. The van der Waals surface area contributed by atoms with Crippen LogP contribution in [-0.2, 0) is 9.84 Å².